The summed E-state index contributed by atoms with van der Waals surface area (Å²) in [5.74, 6) is -0.133. The number of anilines is 1. The molecule has 0 spiro atoms. The average Bonchev–Trinajstić information content (AvgIpc) is 3.02. The van der Waals surface area contributed by atoms with Crippen molar-refractivity contribution in [2.45, 2.75) is 46.1 Å². The minimum absolute atomic E-state index is 0.133. The lowest BCUT2D eigenvalue weighted by Crippen LogP contribution is -2.18. The first-order valence-corrected chi connectivity index (χ1v) is 7.72. The minimum atomic E-state index is -0.133. The van der Waals surface area contributed by atoms with Gasteiger partial charge in [0.25, 0.3) is 5.91 Å². The highest BCUT2D eigenvalue weighted by Gasteiger charge is 2.20. The van der Waals surface area contributed by atoms with Gasteiger partial charge >= 0.3 is 0 Å². The van der Waals surface area contributed by atoms with Gasteiger partial charge in [-0.25, -0.2) is 4.98 Å². The molecule has 0 atom stereocenters. The van der Waals surface area contributed by atoms with Gasteiger partial charge in [0.05, 0.1) is 11.4 Å². The van der Waals surface area contributed by atoms with Crippen molar-refractivity contribution in [2.75, 3.05) is 5.32 Å². The van der Waals surface area contributed by atoms with Crippen molar-refractivity contribution in [1.29, 1.82) is 0 Å². The SMILES string of the molecule is Cc1cc(C(=O)Nc2nc3c(s2)CCC3)n(C(C)C)n1. The first-order valence-electron chi connectivity index (χ1n) is 6.90. The van der Waals surface area contributed by atoms with Crippen LogP contribution in [-0.4, -0.2) is 20.7 Å². The van der Waals surface area contributed by atoms with Crippen LogP contribution in [-0.2, 0) is 12.8 Å². The number of aromatic nitrogens is 3. The van der Waals surface area contributed by atoms with Crippen LogP contribution in [0.25, 0.3) is 0 Å². The largest absolute Gasteiger partial charge is 0.296 e. The third kappa shape index (κ3) is 2.35. The zero-order valence-electron chi connectivity index (χ0n) is 11.9. The van der Waals surface area contributed by atoms with Crippen LogP contribution in [0.1, 0.15) is 53.1 Å². The molecular weight excluding hydrogens is 272 g/mol. The van der Waals surface area contributed by atoms with Crippen molar-refractivity contribution in [3.63, 3.8) is 0 Å². The molecule has 0 saturated heterocycles. The number of nitrogens with zero attached hydrogens (tertiary/aromatic N) is 3. The van der Waals surface area contributed by atoms with Crippen molar-refractivity contribution in [3.8, 4) is 0 Å². The number of nitrogens with one attached hydrogen (secondary N) is 1. The summed E-state index contributed by atoms with van der Waals surface area (Å²) < 4.78 is 1.76. The molecule has 0 aliphatic heterocycles. The van der Waals surface area contributed by atoms with Gasteiger partial charge in [-0.1, -0.05) is 0 Å². The number of carbonyl (C=O) groups excluding carboxylic acids is 1. The number of fused-ring (bicyclic) bond motifs is 1. The molecule has 1 aliphatic rings. The summed E-state index contributed by atoms with van der Waals surface area (Å²) in [7, 11) is 0. The summed E-state index contributed by atoms with van der Waals surface area (Å²) >= 11 is 1.59. The van der Waals surface area contributed by atoms with E-state index < -0.39 is 0 Å². The van der Waals surface area contributed by atoms with E-state index in [-0.39, 0.29) is 11.9 Å². The van der Waals surface area contributed by atoms with Crippen molar-refractivity contribution in [3.05, 3.63) is 28.0 Å². The van der Waals surface area contributed by atoms with E-state index in [9.17, 15) is 4.79 Å². The summed E-state index contributed by atoms with van der Waals surface area (Å²) in [5.41, 5.74) is 2.59. The van der Waals surface area contributed by atoms with Gasteiger partial charge in [0.2, 0.25) is 0 Å². The molecule has 2 heterocycles. The average molecular weight is 290 g/mol. The third-order valence-electron chi connectivity index (χ3n) is 3.40. The van der Waals surface area contributed by atoms with Crippen LogP contribution in [0.3, 0.4) is 0 Å². The maximum atomic E-state index is 12.4. The quantitative estimate of drug-likeness (QED) is 0.945. The predicted molar refractivity (Wildman–Crippen MR) is 79.4 cm³/mol. The lowest BCUT2D eigenvalue weighted by molar-refractivity contribution is 0.101. The van der Waals surface area contributed by atoms with Crippen molar-refractivity contribution >= 4 is 22.4 Å². The van der Waals surface area contributed by atoms with Crippen molar-refractivity contribution in [2.24, 2.45) is 0 Å². The number of hydrogen-bond acceptors (Lipinski definition) is 4. The van der Waals surface area contributed by atoms with Crippen LogP contribution in [0.5, 0.6) is 0 Å². The topological polar surface area (TPSA) is 59.8 Å². The Balaban J connectivity index is 1.82. The lowest BCUT2D eigenvalue weighted by atomic mass is 10.3. The van der Waals surface area contributed by atoms with E-state index in [1.165, 1.54) is 11.3 Å². The summed E-state index contributed by atoms with van der Waals surface area (Å²) in [5, 5.41) is 7.97. The second kappa shape index (κ2) is 5.01. The smallest absolute Gasteiger partial charge is 0.275 e. The fourth-order valence-electron chi connectivity index (χ4n) is 2.48. The summed E-state index contributed by atoms with van der Waals surface area (Å²) in [6, 6.07) is 1.97. The van der Waals surface area contributed by atoms with Crippen LogP contribution in [0.4, 0.5) is 5.13 Å². The first kappa shape index (κ1) is 13.3. The van der Waals surface area contributed by atoms with Gasteiger partial charge in [0.15, 0.2) is 5.13 Å². The molecule has 2 aromatic heterocycles. The molecule has 20 heavy (non-hydrogen) atoms. The summed E-state index contributed by atoms with van der Waals surface area (Å²) in [6.07, 6.45) is 3.30. The van der Waals surface area contributed by atoms with E-state index in [2.05, 4.69) is 15.4 Å². The Hall–Kier alpha value is -1.69. The Bertz CT molecular complexity index is 635. The number of hydrogen-bond donors (Lipinski definition) is 1. The zero-order valence-corrected chi connectivity index (χ0v) is 12.8. The first-order chi connectivity index (χ1) is 9.54. The van der Waals surface area contributed by atoms with E-state index in [1.807, 2.05) is 26.8 Å². The Morgan fingerprint density at radius 1 is 1.45 bits per heavy atom. The van der Waals surface area contributed by atoms with E-state index >= 15 is 0 Å². The zero-order chi connectivity index (χ0) is 14.3. The van der Waals surface area contributed by atoms with E-state index in [0.29, 0.717) is 10.8 Å². The number of thiazole rings is 1. The molecule has 1 amide bonds. The highest BCUT2D eigenvalue weighted by Crippen LogP contribution is 2.30. The molecule has 0 bridgehead atoms. The standard InChI is InChI=1S/C14H18N4OS/c1-8(2)18-11(7-9(3)17-18)13(19)16-14-15-10-5-4-6-12(10)20-14/h7-8H,4-6H2,1-3H3,(H,15,16,19). The highest BCUT2D eigenvalue weighted by molar-refractivity contribution is 7.15. The molecular formula is C14H18N4OS. The normalized spacial score (nSPS) is 13.8. The Labute approximate surface area is 122 Å². The number of aryl methyl sites for hydroxylation is 3. The minimum Gasteiger partial charge on any atom is -0.296 e. The number of carbonyl (C=O) groups is 1. The maximum absolute atomic E-state index is 12.4. The third-order valence-corrected chi connectivity index (χ3v) is 4.47. The Kier molecular flexibility index (Phi) is 3.33. The van der Waals surface area contributed by atoms with Gasteiger partial charge in [0.1, 0.15) is 5.69 Å². The Morgan fingerprint density at radius 3 is 2.95 bits per heavy atom. The van der Waals surface area contributed by atoms with E-state index in [0.717, 1.165) is 24.2 Å². The van der Waals surface area contributed by atoms with Gasteiger partial charge in [-0.2, -0.15) is 5.10 Å². The molecule has 5 nitrogen and oxygen atoms in total. The van der Waals surface area contributed by atoms with Crippen LogP contribution in [0, 0.1) is 6.92 Å². The molecule has 3 rings (SSSR count). The molecule has 0 fully saturated rings. The van der Waals surface area contributed by atoms with Crippen LogP contribution >= 0.6 is 11.3 Å². The molecule has 0 saturated carbocycles. The van der Waals surface area contributed by atoms with Crippen LogP contribution in [0.2, 0.25) is 0 Å². The summed E-state index contributed by atoms with van der Waals surface area (Å²) in [6.45, 7) is 5.93. The van der Waals surface area contributed by atoms with Gasteiger partial charge in [-0.15, -0.1) is 11.3 Å². The molecule has 0 aromatic carbocycles. The van der Waals surface area contributed by atoms with Gasteiger partial charge in [0, 0.05) is 10.9 Å². The molecule has 0 unspecified atom stereocenters. The fraction of sp³-hybridized carbons (Fsp3) is 0.500. The maximum Gasteiger partial charge on any atom is 0.275 e. The predicted octanol–water partition coefficient (Wildman–Crippen LogP) is 2.97. The van der Waals surface area contributed by atoms with E-state index in [1.54, 1.807) is 16.0 Å². The molecule has 2 aromatic rings. The molecule has 0 radical (unpaired) electrons. The highest BCUT2D eigenvalue weighted by atomic mass is 32.1. The molecule has 6 heteroatoms. The van der Waals surface area contributed by atoms with Gasteiger partial charge in [-0.05, 0) is 46.1 Å². The second-order valence-electron chi connectivity index (χ2n) is 5.41. The summed E-state index contributed by atoms with van der Waals surface area (Å²) in [4.78, 5) is 18.2. The van der Waals surface area contributed by atoms with Crippen molar-refractivity contribution < 1.29 is 4.79 Å². The van der Waals surface area contributed by atoms with Crippen molar-refractivity contribution in [1.82, 2.24) is 14.8 Å². The molecule has 1 aliphatic carbocycles. The molecule has 1 N–H and O–H groups in total. The lowest BCUT2D eigenvalue weighted by Gasteiger charge is -2.09. The molecule has 106 valence electrons. The van der Waals surface area contributed by atoms with Gasteiger partial charge in [-0.3, -0.25) is 14.8 Å². The Morgan fingerprint density at radius 2 is 2.25 bits per heavy atom. The number of amides is 1. The van der Waals surface area contributed by atoms with Gasteiger partial charge < -0.3 is 0 Å². The monoisotopic (exact) mass is 290 g/mol. The van der Waals surface area contributed by atoms with E-state index in [4.69, 9.17) is 0 Å². The van der Waals surface area contributed by atoms with Crippen LogP contribution < -0.4 is 5.32 Å². The number of rotatable bonds is 3. The van der Waals surface area contributed by atoms with Crippen LogP contribution in [0.15, 0.2) is 6.07 Å². The fourth-order valence-corrected chi connectivity index (χ4v) is 3.53. The second-order valence-corrected chi connectivity index (χ2v) is 6.49.